The van der Waals surface area contributed by atoms with E-state index in [1.165, 1.54) is 6.08 Å². The Hall–Kier alpha value is -1.36. The summed E-state index contributed by atoms with van der Waals surface area (Å²) in [6, 6.07) is 5.56. The topological polar surface area (TPSA) is 48.1 Å². The van der Waals surface area contributed by atoms with E-state index in [1.807, 2.05) is 12.1 Å². The molecule has 0 spiro atoms. The van der Waals surface area contributed by atoms with E-state index in [-0.39, 0.29) is 18.2 Å². The highest BCUT2D eigenvalue weighted by atomic mass is 35.5. The second kappa shape index (κ2) is 8.32. The molecule has 0 bridgehead atoms. The SMILES string of the molecule is CCOC(=O)C=Cc1ccc(Cl)cc1[C@@H](CC)OC[C@H]1CO1. The molecule has 0 radical (unpaired) electrons. The van der Waals surface area contributed by atoms with Gasteiger partial charge in [-0.25, -0.2) is 4.79 Å². The monoisotopic (exact) mass is 324 g/mol. The van der Waals surface area contributed by atoms with E-state index in [4.69, 9.17) is 25.8 Å². The van der Waals surface area contributed by atoms with E-state index in [0.29, 0.717) is 18.2 Å². The molecule has 5 heteroatoms. The third-order valence-electron chi connectivity index (χ3n) is 3.34. The highest BCUT2D eigenvalue weighted by Gasteiger charge is 2.25. The Kier molecular flexibility index (Phi) is 6.43. The van der Waals surface area contributed by atoms with Crippen molar-refractivity contribution in [2.45, 2.75) is 32.5 Å². The van der Waals surface area contributed by atoms with Crippen molar-refractivity contribution in [3.63, 3.8) is 0 Å². The Bertz CT molecular complexity index is 537. The first-order valence-electron chi connectivity index (χ1n) is 7.51. The van der Waals surface area contributed by atoms with E-state index in [0.717, 1.165) is 24.2 Å². The molecule has 0 unspecified atom stereocenters. The van der Waals surface area contributed by atoms with Crippen LogP contribution in [0.15, 0.2) is 24.3 Å². The predicted octanol–water partition coefficient (Wildman–Crippen LogP) is 3.78. The minimum atomic E-state index is -0.358. The minimum absolute atomic E-state index is 0.0789. The number of rotatable bonds is 8. The van der Waals surface area contributed by atoms with Crippen molar-refractivity contribution >= 4 is 23.6 Å². The fourth-order valence-corrected chi connectivity index (χ4v) is 2.32. The van der Waals surface area contributed by atoms with E-state index >= 15 is 0 Å². The molecule has 0 saturated carbocycles. The van der Waals surface area contributed by atoms with Gasteiger partial charge in [0.15, 0.2) is 0 Å². The first kappa shape index (κ1) is 17.0. The minimum Gasteiger partial charge on any atom is -0.463 e. The average Bonchev–Trinajstić information content (AvgIpc) is 3.31. The number of hydrogen-bond acceptors (Lipinski definition) is 4. The molecule has 120 valence electrons. The Labute approximate surface area is 136 Å². The highest BCUT2D eigenvalue weighted by Crippen LogP contribution is 2.29. The van der Waals surface area contributed by atoms with Crippen LogP contribution in [0.1, 0.15) is 37.5 Å². The molecule has 1 fully saturated rings. The lowest BCUT2D eigenvalue weighted by molar-refractivity contribution is -0.137. The number of carbonyl (C=O) groups excluding carboxylic acids is 1. The molecule has 2 rings (SSSR count). The fraction of sp³-hybridized carbons (Fsp3) is 0.471. The van der Waals surface area contributed by atoms with Gasteiger partial charge in [0.2, 0.25) is 0 Å². The van der Waals surface area contributed by atoms with Gasteiger partial charge in [-0.1, -0.05) is 24.6 Å². The Morgan fingerprint density at radius 3 is 2.91 bits per heavy atom. The molecule has 0 aromatic heterocycles. The van der Waals surface area contributed by atoms with Gasteiger partial charge in [0.05, 0.1) is 25.9 Å². The maximum absolute atomic E-state index is 11.5. The van der Waals surface area contributed by atoms with Crippen LogP contribution in [0.25, 0.3) is 6.08 Å². The molecular weight excluding hydrogens is 304 g/mol. The lowest BCUT2D eigenvalue weighted by Crippen LogP contribution is -2.10. The maximum atomic E-state index is 11.5. The molecule has 4 nitrogen and oxygen atoms in total. The van der Waals surface area contributed by atoms with Crippen molar-refractivity contribution in [3.8, 4) is 0 Å². The van der Waals surface area contributed by atoms with Crippen LogP contribution in [0.5, 0.6) is 0 Å². The fourth-order valence-electron chi connectivity index (χ4n) is 2.14. The second-order valence-electron chi connectivity index (χ2n) is 5.04. The lowest BCUT2D eigenvalue weighted by Gasteiger charge is -2.18. The van der Waals surface area contributed by atoms with Crippen molar-refractivity contribution in [2.75, 3.05) is 19.8 Å². The van der Waals surface area contributed by atoms with Crippen molar-refractivity contribution < 1.29 is 19.0 Å². The van der Waals surface area contributed by atoms with Crippen LogP contribution >= 0.6 is 11.6 Å². The lowest BCUT2D eigenvalue weighted by atomic mass is 10.00. The molecule has 0 aliphatic carbocycles. The van der Waals surface area contributed by atoms with Crippen molar-refractivity contribution in [3.05, 3.63) is 40.4 Å². The third kappa shape index (κ3) is 5.13. The van der Waals surface area contributed by atoms with Gasteiger partial charge < -0.3 is 14.2 Å². The standard InChI is InChI=1S/C17H21ClO4/c1-3-16(22-11-14-10-21-14)15-9-13(18)7-5-12(15)6-8-17(19)20-4-2/h5-9,14,16H,3-4,10-11H2,1-2H3/t14-,16-/m1/s1. The molecule has 22 heavy (non-hydrogen) atoms. The van der Waals surface area contributed by atoms with Crippen LogP contribution in [0.4, 0.5) is 0 Å². The molecule has 1 aliphatic rings. The summed E-state index contributed by atoms with van der Waals surface area (Å²) in [7, 11) is 0. The number of benzene rings is 1. The molecule has 1 aliphatic heterocycles. The zero-order chi connectivity index (χ0) is 15.9. The van der Waals surface area contributed by atoms with Crippen molar-refractivity contribution in [1.29, 1.82) is 0 Å². The molecule has 0 N–H and O–H groups in total. The van der Waals surface area contributed by atoms with Crippen LogP contribution in [0.2, 0.25) is 5.02 Å². The average molecular weight is 325 g/mol. The largest absolute Gasteiger partial charge is 0.463 e. The smallest absolute Gasteiger partial charge is 0.330 e. The molecular formula is C17H21ClO4. The summed E-state index contributed by atoms with van der Waals surface area (Å²) in [6.45, 7) is 5.53. The van der Waals surface area contributed by atoms with E-state index < -0.39 is 0 Å². The summed E-state index contributed by atoms with van der Waals surface area (Å²) in [5, 5.41) is 0.646. The molecule has 1 aromatic rings. The van der Waals surface area contributed by atoms with Gasteiger partial charge >= 0.3 is 5.97 Å². The highest BCUT2D eigenvalue weighted by molar-refractivity contribution is 6.30. The quantitative estimate of drug-likeness (QED) is 0.415. The maximum Gasteiger partial charge on any atom is 0.330 e. The van der Waals surface area contributed by atoms with Gasteiger partial charge in [-0.15, -0.1) is 0 Å². The van der Waals surface area contributed by atoms with Crippen molar-refractivity contribution in [1.82, 2.24) is 0 Å². The first-order chi connectivity index (χ1) is 10.6. The van der Waals surface area contributed by atoms with E-state index in [9.17, 15) is 4.79 Å². The van der Waals surface area contributed by atoms with Crippen LogP contribution in [-0.2, 0) is 19.0 Å². The van der Waals surface area contributed by atoms with Crippen LogP contribution in [-0.4, -0.2) is 31.9 Å². The second-order valence-corrected chi connectivity index (χ2v) is 5.48. The third-order valence-corrected chi connectivity index (χ3v) is 3.57. The first-order valence-corrected chi connectivity index (χ1v) is 7.89. The predicted molar refractivity (Wildman–Crippen MR) is 85.8 cm³/mol. The summed E-state index contributed by atoms with van der Waals surface area (Å²) in [4.78, 5) is 11.5. The number of halogens is 1. The van der Waals surface area contributed by atoms with Crippen LogP contribution in [0.3, 0.4) is 0 Å². The summed E-state index contributed by atoms with van der Waals surface area (Å²) >= 11 is 6.11. The van der Waals surface area contributed by atoms with Crippen molar-refractivity contribution in [2.24, 2.45) is 0 Å². The Morgan fingerprint density at radius 2 is 2.27 bits per heavy atom. The van der Waals surface area contributed by atoms with E-state index in [2.05, 4.69) is 6.92 Å². The number of hydrogen-bond donors (Lipinski definition) is 0. The molecule has 1 saturated heterocycles. The number of ether oxygens (including phenoxy) is 3. The summed E-state index contributed by atoms with van der Waals surface area (Å²) in [6.07, 6.45) is 4.11. The summed E-state index contributed by atoms with van der Waals surface area (Å²) < 4.78 is 16.0. The Morgan fingerprint density at radius 1 is 1.50 bits per heavy atom. The summed E-state index contributed by atoms with van der Waals surface area (Å²) in [5.41, 5.74) is 1.87. The van der Waals surface area contributed by atoms with Gasteiger partial charge in [-0.05, 0) is 42.7 Å². The van der Waals surface area contributed by atoms with Gasteiger partial charge in [0, 0.05) is 11.1 Å². The molecule has 1 heterocycles. The van der Waals surface area contributed by atoms with Gasteiger partial charge in [0.25, 0.3) is 0 Å². The van der Waals surface area contributed by atoms with Gasteiger partial charge in [-0.3, -0.25) is 0 Å². The summed E-state index contributed by atoms with van der Waals surface area (Å²) in [5.74, 6) is -0.358. The number of epoxide rings is 1. The number of esters is 1. The normalized spacial score (nSPS) is 18.4. The molecule has 2 atom stereocenters. The number of carbonyl (C=O) groups is 1. The van der Waals surface area contributed by atoms with Crippen LogP contribution < -0.4 is 0 Å². The zero-order valence-electron chi connectivity index (χ0n) is 12.9. The zero-order valence-corrected chi connectivity index (χ0v) is 13.6. The van der Waals surface area contributed by atoms with Crippen LogP contribution in [0, 0.1) is 0 Å². The molecule has 1 aromatic carbocycles. The molecule has 0 amide bonds. The van der Waals surface area contributed by atoms with Gasteiger partial charge in [-0.2, -0.15) is 0 Å². The Balaban J connectivity index is 2.15. The van der Waals surface area contributed by atoms with Gasteiger partial charge in [0.1, 0.15) is 6.10 Å². The van der Waals surface area contributed by atoms with E-state index in [1.54, 1.807) is 19.1 Å².